The van der Waals surface area contributed by atoms with Gasteiger partial charge in [-0.05, 0) is 43.5 Å². The van der Waals surface area contributed by atoms with Gasteiger partial charge >= 0.3 is 6.09 Å². The van der Waals surface area contributed by atoms with Crippen molar-refractivity contribution in [2.45, 2.75) is 42.4 Å². The molecule has 1 fully saturated rings. The van der Waals surface area contributed by atoms with Crippen LogP contribution in [0.15, 0.2) is 28.5 Å². The Kier molecular flexibility index (Phi) is 8.13. The molecule has 0 bridgehead atoms. The first kappa shape index (κ1) is 26.6. The number of hydrogen-bond acceptors (Lipinski definition) is 8. The van der Waals surface area contributed by atoms with Crippen LogP contribution in [0, 0.1) is 11.3 Å². The SMILES string of the molecule is COc1cc(OC)c(Cl)c(Sc2nc3c([nH]2)c(=N)ncn3CC2CCN(C(=O)[C@@H](C)NC(=O)O)CC2)c1. The average Bonchev–Trinajstić information content (AvgIpc) is 3.31. The number of nitrogens with one attached hydrogen (secondary N) is 3. The first-order chi connectivity index (χ1) is 17.7. The Morgan fingerprint density at radius 2 is 2.05 bits per heavy atom. The van der Waals surface area contributed by atoms with E-state index in [1.165, 1.54) is 18.9 Å². The number of carboxylic acid groups (broad SMARTS) is 1. The Labute approximate surface area is 221 Å². The molecule has 37 heavy (non-hydrogen) atoms. The van der Waals surface area contributed by atoms with Crippen molar-refractivity contribution >= 4 is 46.5 Å². The maximum Gasteiger partial charge on any atom is 0.405 e. The molecule has 2 amide bonds. The predicted octanol–water partition coefficient (Wildman–Crippen LogP) is 2.96. The summed E-state index contributed by atoms with van der Waals surface area (Å²) in [5, 5.41) is 20.3. The summed E-state index contributed by atoms with van der Waals surface area (Å²) >= 11 is 7.80. The average molecular weight is 550 g/mol. The summed E-state index contributed by atoms with van der Waals surface area (Å²) in [7, 11) is 3.10. The number of halogens is 1. The summed E-state index contributed by atoms with van der Waals surface area (Å²) in [5.41, 5.74) is 1.20. The molecule has 0 spiro atoms. The maximum atomic E-state index is 12.5. The third-order valence-corrected chi connectivity index (χ3v) is 7.66. The lowest BCUT2D eigenvalue weighted by molar-refractivity contribution is -0.134. The van der Waals surface area contributed by atoms with E-state index in [-0.39, 0.29) is 17.3 Å². The van der Waals surface area contributed by atoms with Crippen LogP contribution >= 0.6 is 23.4 Å². The summed E-state index contributed by atoms with van der Waals surface area (Å²) in [5.74, 6) is 1.12. The second-order valence-corrected chi connectivity index (χ2v) is 10.1. The molecule has 1 aliphatic rings. The minimum atomic E-state index is -1.22. The molecule has 198 valence electrons. The van der Waals surface area contributed by atoms with E-state index in [0.29, 0.717) is 57.4 Å². The number of aromatic nitrogens is 4. The lowest BCUT2D eigenvalue weighted by atomic mass is 9.96. The van der Waals surface area contributed by atoms with Crippen molar-refractivity contribution < 1.29 is 24.2 Å². The molecule has 1 saturated heterocycles. The number of benzene rings is 1. The maximum absolute atomic E-state index is 12.5. The number of methoxy groups -OCH3 is 2. The zero-order valence-corrected chi connectivity index (χ0v) is 22.1. The van der Waals surface area contributed by atoms with Crippen molar-refractivity contribution in [3.63, 3.8) is 0 Å². The molecule has 4 rings (SSSR count). The van der Waals surface area contributed by atoms with Crippen LogP contribution in [0.5, 0.6) is 11.5 Å². The third kappa shape index (κ3) is 5.93. The molecule has 0 unspecified atom stereocenters. The van der Waals surface area contributed by atoms with Gasteiger partial charge in [0.25, 0.3) is 0 Å². The van der Waals surface area contributed by atoms with Crippen molar-refractivity contribution in [2.75, 3.05) is 27.3 Å². The zero-order valence-electron chi connectivity index (χ0n) is 20.6. The largest absolute Gasteiger partial charge is 0.497 e. The number of piperidine rings is 1. The van der Waals surface area contributed by atoms with Crippen molar-refractivity contribution in [3.8, 4) is 11.5 Å². The summed E-state index contributed by atoms with van der Waals surface area (Å²) < 4.78 is 12.6. The number of likely N-dealkylation sites (tertiary alicyclic amines) is 1. The van der Waals surface area contributed by atoms with E-state index in [4.69, 9.17) is 36.6 Å². The smallest absolute Gasteiger partial charge is 0.405 e. The van der Waals surface area contributed by atoms with Gasteiger partial charge in [0.2, 0.25) is 5.91 Å². The summed E-state index contributed by atoms with van der Waals surface area (Å²) in [4.78, 5) is 37.8. The van der Waals surface area contributed by atoms with Gasteiger partial charge in [-0.15, -0.1) is 0 Å². The minimum absolute atomic E-state index is 0.0836. The van der Waals surface area contributed by atoms with Crippen LogP contribution in [0.25, 0.3) is 11.2 Å². The van der Waals surface area contributed by atoms with E-state index in [0.717, 1.165) is 12.8 Å². The van der Waals surface area contributed by atoms with Gasteiger partial charge in [0.1, 0.15) is 23.1 Å². The number of rotatable bonds is 8. The Hall–Kier alpha value is -3.45. The number of amides is 2. The van der Waals surface area contributed by atoms with Gasteiger partial charge in [-0.3, -0.25) is 10.2 Å². The zero-order chi connectivity index (χ0) is 26.7. The standard InChI is InChI=1S/C23H28ClN7O5S/c1-12(27-23(33)34)21(32)30-6-4-13(5-7-30)10-31-11-26-19(25)18-20(31)29-22(28-18)37-16-9-14(35-2)8-15(36-3)17(16)24/h8-9,11-13,25,27H,4-7,10H2,1-3H3,(H,28,29)(H,33,34)/t12-/m1/s1. The van der Waals surface area contributed by atoms with Gasteiger partial charge in [-0.2, -0.15) is 0 Å². The van der Waals surface area contributed by atoms with Crippen LogP contribution in [-0.2, 0) is 11.3 Å². The quantitative estimate of drug-likeness (QED) is 0.334. The van der Waals surface area contributed by atoms with Gasteiger partial charge in [-0.25, -0.2) is 14.8 Å². The van der Waals surface area contributed by atoms with Crippen LogP contribution in [0.2, 0.25) is 5.02 Å². The van der Waals surface area contributed by atoms with E-state index in [1.54, 1.807) is 37.4 Å². The molecule has 4 N–H and O–H groups in total. The molecule has 3 aromatic rings. The number of fused-ring (bicyclic) bond motifs is 1. The lowest BCUT2D eigenvalue weighted by Gasteiger charge is -2.33. The second-order valence-electron chi connectivity index (χ2n) is 8.67. The normalized spacial score (nSPS) is 15.0. The highest BCUT2D eigenvalue weighted by Crippen LogP contribution is 2.41. The molecule has 1 aromatic carbocycles. The fourth-order valence-electron chi connectivity index (χ4n) is 4.27. The molecule has 1 atom stereocenters. The van der Waals surface area contributed by atoms with Crippen molar-refractivity contribution in [3.05, 3.63) is 29.0 Å². The monoisotopic (exact) mass is 549 g/mol. The molecule has 0 saturated carbocycles. The van der Waals surface area contributed by atoms with Gasteiger partial charge < -0.3 is 34.3 Å². The Bertz CT molecular complexity index is 1370. The van der Waals surface area contributed by atoms with Crippen molar-refractivity contribution in [1.82, 2.24) is 29.7 Å². The first-order valence-corrected chi connectivity index (χ1v) is 12.8. The second kappa shape index (κ2) is 11.3. The van der Waals surface area contributed by atoms with E-state index in [1.807, 2.05) is 4.57 Å². The molecular formula is C23H28ClN7O5S. The van der Waals surface area contributed by atoms with E-state index >= 15 is 0 Å². The highest BCUT2D eigenvalue weighted by Gasteiger charge is 2.27. The Balaban J connectivity index is 1.50. The minimum Gasteiger partial charge on any atom is -0.497 e. The number of hydrogen-bond donors (Lipinski definition) is 4. The van der Waals surface area contributed by atoms with Crippen LogP contribution in [0.4, 0.5) is 4.79 Å². The highest BCUT2D eigenvalue weighted by atomic mass is 35.5. The van der Waals surface area contributed by atoms with Crippen LogP contribution in [0.1, 0.15) is 19.8 Å². The van der Waals surface area contributed by atoms with Gasteiger partial charge in [0.15, 0.2) is 16.3 Å². The van der Waals surface area contributed by atoms with E-state index < -0.39 is 12.1 Å². The Morgan fingerprint density at radius 3 is 2.70 bits per heavy atom. The van der Waals surface area contributed by atoms with Gasteiger partial charge in [-0.1, -0.05) is 11.6 Å². The molecule has 2 aromatic heterocycles. The summed E-state index contributed by atoms with van der Waals surface area (Å²) in [6, 6.07) is 2.71. The van der Waals surface area contributed by atoms with E-state index in [2.05, 4.69) is 15.3 Å². The van der Waals surface area contributed by atoms with Crippen molar-refractivity contribution in [2.24, 2.45) is 5.92 Å². The topological polar surface area (TPSA) is 158 Å². The summed E-state index contributed by atoms with van der Waals surface area (Å²) in [6.45, 7) is 3.25. The third-order valence-electron chi connectivity index (χ3n) is 6.23. The van der Waals surface area contributed by atoms with Crippen LogP contribution < -0.4 is 20.3 Å². The number of aromatic amines is 1. The number of nitrogens with zero attached hydrogens (tertiary/aromatic N) is 4. The van der Waals surface area contributed by atoms with Crippen LogP contribution in [-0.4, -0.2) is 74.9 Å². The van der Waals surface area contributed by atoms with Gasteiger partial charge in [0, 0.05) is 30.6 Å². The van der Waals surface area contributed by atoms with Crippen LogP contribution in [0.3, 0.4) is 0 Å². The first-order valence-electron chi connectivity index (χ1n) is 11.6. The Morgan fingerprint density at radius 1 is 1.32 bits per heavy atom. The predicted molar refractivity (Wildman–Crippen MR) is 136 cm³/mol. The lowest BCUT2D eigenvalue weighted by Crippen LogP contribution is -2.49. The number of H-pyrrole nitrogens is 1. The summed E-state index contributed by atoms with van der Waals surface area (Å²) in [6.07, 6.45) is 1.91. The number of carbonyl (C=O) groups excluding carboxylic acids is 1. The fourth-order valence-corrected chi connectivity index (χ4v) is 5.43. The number of imidazole rings is 1. The molecule has 0 aliphatic carbocycles. The number of carbonyl (C=O) groups is 2. The molecule has 3 heterocycles. The fraction of sp³-hybridized carbons (Fsp3) is 0.435. The van der Waals surface area contributed by atoms with Gasteiger partial charge in [0.05, 0.1) is 25.6 Å². The molecule has 1 aliphatic heterocycles. The van der Waals surface area contributed by atoms with E-state index in [9.17, 15) is 9.59 Å². The molecular weight excluding hydrogens is 522 g/mol. The molecule has 14 heteroatoms. The number of ether oxygens (including phenoxy) is 2. The molecule has 0 radical (unpaired) electrons. The molecule has 12 nitrogen and oxygen atoms in total. The van der Waals surface area contributed by atoms with Crippen molar-refractivity contribution in [1.29, 1.82) is 5.41 Å². The highest BCUT2D eigenvalue weighted by molar-refractivity contribution is 7.99.